The summed E-state index contributed by atoms with van der Waals surface area (Å²) in [5.74, 6) is 3.25. The molecular weight excluding hydrogens is 172 g/mol. The lowest BCUT2D eigenvalue weighted by Crippen LogP contribution is -2.38. The van der Waals surface area contributed by atoms with Crippen molar-refractivity contribution in [2.75, 3.05) is 19.6 Å². The van der Waals surface area contributed by atoms with Crippen molar-refractivity contribution in [3.05, 3.63) is 0 Å². The average molecular weight is 196 g/mol. The lowest BCUT2D eigenvalue weighted by atomic mass is 10.0. The standard InChI is InChI=1S/C12H24N2/c1-3-13-7-9(2)14-8-10-4-11-6-12(11)5-10/h9-14H,3-8H2,1-2H3. The van der Waals surface area contributed by atoms with E-state index in [0.29, 0.717) is 6.04 Å². The van der Waals surface area contributed by atoms with Crippen LogP contribution < -0.4 is 10.6 Å². The first-order valence-electron chi connectivity index (χ1n) is 6.23. The van der Waals surface area contributed by atoms with Crippen molar-refractivity contribution in [1.29, 1.82) is 0 Å². The van der Waals surface area contributed by atoms with Crippen molar-refractivity contribution in [2.24, 2.45) is 17.8 Å². The molecule has 0 bridgehead atoms. The van der Waals surface area contributed by atoms with Crippen molar-refractivity contribution in [1.82, 2.24) is 10.6 Å². The third-order valence-corrected chi connectivity index (χ3v) is 3.80. The van der Waals surface area contributed by atoms with E-state index < -0.39 is 0 Å². The predicted molar refractivity (Wildman–Crippen MR) is 60.3 cm³/mol. The van der Waals surface area contributed by atoms with Crippen LogP contribution in [0.5, 0.6) is 0 Å². The van der Waals surface area contributed by atoms with Crippen LogP contribution in [0, 0.1) is 17.8 Å². The maximum Gasteiger partial charge on any atom is 0.0164 e. The zero-order valence-corrected chi connectivity index (χ0v) is 9.55. The minimum atomic E-state index is 0.631. The largest absolute Gasteiger partial charge is 0.315 e. The van der Waals surface area contributed by atoms with E-state index in [4.69, 9.17) is 0 Å². The van der Waals surface area contributed by atoms with Crippen LogP contribution in [-0.2, 0) is 0 Å². The minimum absolute atomic E-state index is 0.631. The maximum atomic E-state index is 3.64. The fourth-order valence-electron chi connectivity index (χ4n) is 2.81. The normalized spacial score (nSPS) is 36.9. The maximum absolute atomic E-state index is 3.64. The molecule has 82 valence electrons. The summed E-state index contributed by atoms with van der Waals surface area (Å²) in [7, 11) is 0. The smallest absolute Gasteiger partial charge is 0.0164 e. The molecule has 0 aromatic rings. The number of hydrogen-bond donors (Lipinski definition) is 2. The van der Waals surface area contributed by atoms with Gasteiger partial charge < -0.3 is 10.6 Å². The molecule has 2 rings (SSSR count). The van der Waals surface area contributed by atoms with E-state index in [9.17, 15) is 0 Å². The van der Waals surface area contributed by atoms with Gasteiger partial charge in [0.15, 0.2) is 0 Å². The van der Waals surface area contributed by atoms with Gasteiger partial charge in [0.1, 0.15) is 0 Å². The Hall–Kier alpha value is -0.0800. The Morgan fingerprint density at radius 1 is 1.21 bits per heavy atom. The Kier molecular flexibility index (Phi) is 3.45. The van der Waals surface area contributed by atoms with Gasteiger partial charge in [0.25, 0.3) is 0 Å². The highest BCUT2D eigenvalue weighted by atomic mass is 15.0. The SMILES string of the molecule is CCNCC(C)NCC1CC2CC2C1. The van der Waals surface area contributed by atoms with Gasteiger partial charge in [-0.25, -0.2) is 0 Å². The molecule has 3 unspecified atom stereocenters. The fourth-order valence-corrected chi connectivity index (χ4v) is 2.81. The van der Waals surface area contributed by atoms with E-state index in [0.717, 1.165) is 30.8 Å². The van der Waals surface area contributed by atoms with Crippen molar-refractivity contribution < 1.29 is 0 Å². The van der Waals surface area contributed by atoms with Crippen LogP contribution in [0.2, 0.25) is 0 Å². The van der Waals surface area contributed by atoms with Gasteiger partial charge in [0.2, 0.25) is 0 Å². The lowest BCUT2D eigenvalue weighted by molar-refractivity contribution is 0.408. The highest BCUT2D eigenvalue weighted by molar-refractivity contribution is 4.96. The summed E-state index contributed by atoms with van der Waals surface area (Å²) in [6.45, 7) is 7.88. The molecule has 14 heavy (non-hydrogen) atoms. The second kappa shape index (κ2) is 4.63. The third kappa shape index (κ3) is 2.71. The number of fused-ring (bicyclic) bond motifs is 1. The lowest BCUT2D eigenvalue weighted by Gasteiger charge is -2.18. The van der Waals surface area contributed by atoms with E-state index >= 15 is 0 Å². The fraction of sp³-hybridized carbons (Fsp3) is 1.00. The molecule has 0 aromatic heterocycles. The highest BCUT2D eigenvalue weighted by Crippen LogP contribution is 2.54. The second-order valence-electron chi connectivity index (χ2n) is 5.21. The van der Waals surface area contributed by atoms with E-state index in [1.54, 1.807) is 6.42 Å². The van der Waals surface area contributed by atoms with Gasteiger partial charge in [0, 0.05) is 12.6 Å². The van der Waals surface area contributed by atoms with E-state index in [2.05, 4.69) is 24.5 Å². The van der Waals surface area contributed by atoms with E-state index in [-0.39, 0.29) is 0 Å². The zero-order chi connectivity index (χ0) is 9.97. The van der Waals surface area contributed by atoms with Crippen LogP contribution in [-0.4, -0.2) is 25.7 Å². The van der Waals surface area contributed by atoms with Gasteiger partial charge in [-0.05, 0) is 57.0 Å². The first-order valence-corrected chi connectivity index (χ1v) is 6.23. The first kappa shape index (κ1) is 10.4. The summed E-state index contributed by atoms with van der Waals surface area (Å²) < 4.78 is 0. The van der Waals surface area contributed by atoms with Crippen LogP contribution in [0.15, 0.2) is 0 Å². The molecule has 0 radical (unpaired) electrons. The third-order valence-electron chi connectivity index (χ3n) is 3.80. The average Bonchev–Trinajstić information content (AvgIpc) is 2.80. The van der Waals surface area contributed by atoms with Gasteiger partial charge in [-0.2, -0.15) is 0 Å². The van der Waals surface area contributed by atoms with Crippen molar-refractivity contribution in [3.8, 4) is 0 Å². The quantitative estimate of drug-likeness (QED) is 0.674. The molecule has 0 amide bonds. The number of hydrogen-bond acceptors (Lipinski definition) is 2. The Labute approximate surface area is 87.8 Å². The summed E-state index contributed by atoms with van der Waals surface area (Å²) in [5.41, 5.74) is 0. The van der Waals surface area contributed by atoms with Gasteiger partial charge in [0.05, 0.1) is 0 Å². The molecule has 2 aliphatic carbocycles. The van der Waals surface area contributed by atoms with Crippen LogP contribution in [0.4, 0.5) is 0 Å². The van der Waals surface area contributed by atoms with Gasteiger partial charge in [-0.15, -0.1) is 0 Å². The summed E-state index contributed by atoms with van der Waals surface area (Å²) in [6.07, 6.45) is 4.56. The molecule has 2 aliphatic rings. The Morgan fingerprint density at radius 2 is 1.93 bits per heavy atom. The van der Waals surface area contributed by atoms with Gasteiger partial charge in [-0.1, -0.05) is 6.92 Å². The van der Waals surface area contributed by atoms with Gasteiger partial charge in [-0.3, -0.25) is 0 Å². The van der Waals surface area contributed by atoms with Crippen LogP contribution in [0.25, 0.3) is 0 Å². The van der Waals surface area contributed by atoms with Crippen molar-refractivity contribution in [3.63, 3.8) is 0 Å². The molecule has 2 nitrogen and oxygen atoms in total. The van der Waals surface area contributed by atoms with Crippen molar-refractivity contribution >= 4 is 0 Å². The summed E-state index contributed by atoms with van der Waals surface area (Å²) in [5, 5.41) is 7.02. The molecule has 0 spiro atoms. The van der Waals surface area contributed by atoms with E-state index in [1.165, 1.54) is 19.4 Å². The predicted octanol–water partition coefficient (Wildman–Crippen LogP) is 1.62. The Morgan fingerprint density at radius 3 is 2.57 bits per heavy atom. The van der Waals surface area contributed by atoms with Crippen LogP contribution in [0.3, 0.4) is 0 Å². The van der Waals surface area contributed by atoms with E-state index in [1.807, 2.05) is 0 Å². The molecule has 3 atom stereocenters. The molecule has 2 N–H and O–H groups in total. The van der Waals surface area contributed by atoms with Crippen LogP contribution >= 0.6 is 0 Å². The highest BCUT2D eigenvalue weighted by Gasteiger charge is 2.45. The number of nitrogens with one attached hydrogen (secondary N) is 2. The summed E-state index contributed by atoms with van der Waals surface area (Å²) in [4.78, 5) is 0. The molecule has 0 heterocycles. The molecule has 0 saturated heterocycles. The minimum Gasteiger partial charge on any atom is -0.315 e. The molecule has 0 aromatic carbocycles. The summed E-state index contributed by atoms with van der Waals surface area (Å²) >= 11 is 0. The zero-order valence-electron chi connectivity index (χ0n) is 9.55. The number of likely N-dealkylation sites (N-methyl/N-ethyl adjacent to an activating group) is 1. The van der Waals surface area contributed by atoms with Gasteiger partial charge >= 0.3 is 0 Å². The Bertz CT molecular complexity index is 171. The molecule has 0 aliphatic heterocycles. The topological polar surface area (TPSA) is 24.1 Å². The van der Waals surface area contributed by atoms with Crippen molar-refractivity contribution in [2.45, 2.75) is 39.2 Å². The molecule has 2 fully saturated rings. The summed E-state index contributed by atoms with van der Waals surface area (Å²) in [6, 6.07) is 0.631. The van der Waals surface area contributed by atoms with Crippen LogP contribution in [0.1, 0.15) is 33.1 Å². The first-order chi connectivity index (χ1) is 6.79. The molecular formula is C12H24N2. The monoisotopic (exact) mass is 196 g/mol. The molecule has 2 heteroatoms. The molecule has 2 saturated carbocycles. The second-order valence-corrected chi connectivity index (χ2v) is 5.21. The number of rotatable bonds is 6. The Balaban J connectivity index is 1.53.